The van der Waals surface area contributed by atoms with Crippen molar-refractivity contribution in [2.24, 2.45) is 5.73 Å². The highest BCUT2D eigenvalue weighted by Crippen LogP contribution is 2.24. The Labute approximate surface area is 122 Å². The van der Waals surface area contributed by atoms with Crippen LogP contribution < -0.4 is 5.73 Å². The molecule has 0 heterocycles. The molecule has 0 aliphatic rings. The maximum absolute atomic E-state index is 13.2. The molecule has 1 atom stereocenters. The van der Waals surface area contributed by atoms with Crippen LogP contribution in [0.3, 0.4) is 0 Å². The van der Waals surface area contributed by atoms with Gasteiger partial charge in [-0.2, -0.15) is 0 Å². The van der Waals surface area contributed by atoms with E-state index in [0.29, 0.717) is 10.6 Å². The van der Waals surface area contributed by atoms with Crippen LogP contribution in [0.5, 0.6) is 0 Å². The molecule has 0 radical (unpaired) electrons. The standard InChI is InChI=1S/C16H15ClFNO/c1-16(19,12-5-3-2-4-6-12)15(20)10-11-9-13(18)7-8-14(11)17/h2-9H,10,19H2,1H3. The minimum absolute atomic E-state index is 0.00150. The summed E-state index contributed by atoms with van der Waals surface area (Å²) in [4.78, 5) is 12.4. The summed E-state index contributed by atoms with van der Waals surface area (Å²) in [5.74, 6) is -0.633. The third kappa shape index (κ3) is 3.06. The molecule has 4 heteroatoms. The van der Waals surface area contributed by atoms with E-state index in [2.05, 4.69) is 0 Å². The van der Waals surface area contributed by atoms with E-state index < -0.39 is 11.4 Å². The minimum atomic E-state index is -1.13. The summed E-state index contributed by atoms with van der Waals surface area (Å²) in [6.45, 7) is 1.65. The quantitative estimate of drug-likeness (QED) is 0.937. The smallest absolute Gasteiger partial charge is 0.161 e. The molecule has 104 valence electrons. The highest BCUT2D eigenvalue weighted by Gasteiger charge is 2.30. The molecule has 0 saturated carbocycles. The second-order valence-electron chi connectivity index (χ2n) is 4.90. The fourth-order valence-corrected chi connectivity index (χ4v) is 2.17. The van der Waals surface area contributed by atoms with E-state index in [1.807, 2.05) is 18.2 Å². The van der Waals surface area contributed by atoms with Crippen LogP contribution >= 0.6 is 11.6 Å². The van der Waals surface area contributed by atoms with E-state index in [4.69, 9.17) is 17.3 Å². The van der Waals surface area contributed by atoms with Crippen molar-refractivity contribution >= 4 is 17.4 Å². The zero-order valence-electron chi connectivity index (χ0n) is 11.1. The van der Waals surface area contributed by atoms with Gasteiger partial charge in [-0.05, 0) is 36.2 Å². The number of carbonyl (C=O) groups is 1. The lowest BCUT2D eigenvalue weighted by atomic mass is 9.86. The maximum atomic E-state index is 13.2. The van der Waals surface area contributed by atoms with Crippen molar-refractivity contribution < 1.29 is 9.18 Å². The summed E-state index contributed by atoms with van der Waals surface area (Å²) in [6.07, 6.45) is -0.00150. The highest BCUT2D eigenvalue weighted by atomic mass is 35.5. The van der Waals surface area contributed by atoms with Crippen molar-refractivity contribution in [3.8, 4) is 0 Å². The molecule has 0 bridgehead atoms. The molecular weight excluding hydrogens is 277 g/mol. The van der Waals surface area contributed by atoms with Gasteiger partial charge in [-0.1, -0.05) is 41.9 Å². The fourth-order valence-electron chi connectivity index (χ4n) is 1.98. The number of hydrogen-bond donors (Lipinski definition) is 1. The van der Waals surface area contributed by atoms with Crippen LogP contribution in [0.15, 0.2) is 48.5 Å². The van der Waals surface area contributed by atoms with E-state index in [9.17, 15) is 9.18 Å². The average molecular weight is 292 g/mol. The van der Waals surface area contributed by atoms with Gasteiger partial charge in [0, 0.05) is 11.4 Å². The molecule has 1 unspecified atom stereocenters. The van der Waals surface area contributed by atoms with Crippen LogP contribution in [0.4, 0.5) is 4.39 Å². The van der Waals surface area contributed by atoms with Crippen molar-refractivity contribution in [3.05, 3.63) is 70.5 Å². The van der Waals surface area contributed by atoms with Gasteiger partial charge >= 0.3 is 0 Å². The third-order valence-electron chi connectivity index (χ3n) is 3.31. The second-order valence-corrected chi connectivity index (χ2v) is 5.31. The third-order valence-corrected chi connectivity index (χ3v) is 3.68. The molecule has 2 nitrogen and oxygen atoms in total. The second kappa shape index (κ2) is 5.73. The van der Waals surface area contributed by atoms with Gasteiger partial charge in [0.2, 0.25) is 0 Å². The topological polar surface area (TPSA) is 43.1 Å². The monoisotopic (exact) mass is 291 g/mol. The number of hydrogen-bond acceptors (Lipinski definition) is 2. The molecule has 0 aliphatic heterocycles. The maximum Gasteiger partial charge on any atom is 0.161 e. The number of halogens is 2. The molecule has 0 fully saturated rings. The van der Waals surface area contributed by atoms with Crippen LogP contribution in [-0.4, -0.2) is 5.78 Å². The van der Waals surface area contributed by atoms with E-state index in [-0.39, 0.29) is 12.2 Å². The van der Waals surface area contributed by atoms with Crippen molar-refractivity contribution in [1.82, 2.24) is 0 Å². The first-order valence-electron chi connectivity index (χ1n) is 6.23. The molecule has 0 aliphatic carbocycles. The lowest BCUT2D eigenvalue weighted by Crippen LogP contribution is -2.42. The lowest BCUT2D eigenvalue weighted by molar-refractivity contribution is -0.123. The summed E-state index contributed by atoms with van der Waals surface area (Å²) in [5.41, 5.74) is 6.17. The number of Topliss-reactive ketones (excluding diaryl/α,β-unsaturated/α-hetero) is 1. The normalized spacial score (nSPS) is 13.8. The molecule has 2 aromatic rings. The number of rotatable bonds is 4. The number of ketones is 1. The molecule has 2 N–H and O–H groups in total. The Hall–Kier alpha value is -1.71. The number of benzene rings is 2. The molecule has 0 spiro atoms. The Morgan fingerprint density at radius 2 is 1.90 bits per heavy atom. The highest BCUT2D eigenvalue weighted by molar-refractivity contribution is 6.31. The molecule has 0 aromatic heterocycles. The van der Waals surface area contributed by atoms with Gasteiger partial charge < -0.3 is 5.73 Å². The molecule has 20 heavy (non-hydrogen) atoms. The Morgan fingerprint density at radius 1 is 1.25 bits per heavy atom. The van der Waals surface area contributed by atoms with Crippen LogP contribution in [0.2, 0.25) is 5.02 Å². The largest absolute Gasteiger partial charge is 0.315 e. The van der Waals surface area contributed by atoms with E-state index >= 15 is 0 Å². The summed E-state index contributed by atoms with van der Waals surface area (Å²) in [7, 11) is 0. The molecule has 0 saturated heterocycles. The number of carbonyl (C=O) groups excluding carboxylic acids is 1. The van der Waals surface area contributed by atoms with Gasteiger partial charge in [-0.25, -0.2) is 4.39 Å². The van der Waals surface area contributed by atoms with E-state index in [0.717, 1.165) is 5.56 Å². The zero-order valence-corrected chi connectivity index (χ0v) is 11.8. The van der Waals surface area contributed by atoms with Gasteiger partial charge in [-0.3, -0.25) is 4.79 Å². The van der Waals surface area contributed by atoms with E-state index in [1.54, 1.807) is 19.1 Å². The molecule has 0 amide bonds. The average Bonchev–Trinajstić information content (AvgIpc) is 2.43. The summed E-state index contributed by atoms with van der Waals surface area (Å²) < 4.78 is 13.2. The van der Waals surface area contributed by atoms with Gasteiger partial charge in [0.15, 0.2) is 5.78 Å². The first kappa shape index (κ1) is 14.7. The predicted molar refractivity (Wildman–Crippen MR) is 78.1 cm³/mol. The molecular formula is C16H15ClFNO. The van der Waals surface area contributed by atoms with Crippen LogP contribution in [-0.2, 0) is 16.8 Å². The Balaban J connectivity index is 2.26. The van der Waals surface area contributed by atoms with Crippen LogP contribution in [0.1, 0.15) is 18.1 Å². The van der Waals surface area contributed by atoms with Crippen molar-refractivity contribution in [2.45, 2.75) is 18.9 Å². The first-order chi connectivity index (χ1) is 9.41. The minimum Gasteiger partial charge on any atom is -0.315 e. The predicted octanol–water partition coefficient (Wildman–Crippen LogP) is 3.46. The van der Waals surface area contributed by atoms with Crippen LogP contribution in [0.25, 0.3) is 0 Å². The molecule has 2 aromatic carbocycles. The van der Waals surface area contributed by atoms with Gasteiger partial charge in [0.25, 0.3) is 0 Å². The molecule has 2 rings (SSSR count). The fraction of sp³-hybridized carbons (Fsp3) is 0.188. The lowest BCUT2D eigenvalue weighted by Gasteiger charge is -2.24. The first-order valence-corrected chi connectivity index (χ1v) is 6.60. The van der Waals surface area contributed by atoms with Gasteiger partial charge in [0.1, 0.15) is 5.82 Å². The Morgan fingerprint density at radius 3 is 2.55 bits per heavy atom. The van der Waals surface area contributed by atoms with E-state index in [1.165, 1.54) is 18.2 Å². The zero-order chi connectivity index (χ0) is 14.8. The Kier molecular flexibility index (Phi) is 4.21. The van der Waals surface area contributed by atoms with Crippen molar-refractivity contribution in [1.29, 1.82) is 0 Å². The van der Waals surface area contributed by atoms with Crippen LogP contribution in [0, 0.1) is 5.82 Å². The SMILES string of the molecule is CC(N)(C(=O)Cc1cc(F)ccc1Cl)c1ccccc1. The summed E-state index contributed by atoms with van der Waals surface area (Å²) >= 11 is 5.98. The van der Waals surface area contributed by atoms with Crippen molar-refractivity contribution in [2.75, 3.05) is 0 Å². The summed E-state index contributed by atoms with van der Waals surface area (Å²) in [6, 6.07) is 13.1. The Bertz CT molecular complexity index is 626. The van der Waals surface area contributed by atoms with Gasteiger partial charge in [0.05, 0.1) is 5.54 Å². The number of nitrogens with two attached hydrogens (primary N) is 1. The van der Waals surface area contributed by atoms with Gasteiger partial charge in [-0.15, -0.1) is 0 Å². The summed E-state index contributed by atoms with van der Waals surface area (Å²) in [5, 5.41) is 0.364. The van der Waals surface area contributed by atoms with Crippen molar-refractivity contribution in [3.63, 3.8) is 0 Å².